The van der Waals surface area contributed by atoms with Crippen LogP contribution in [0.2, 0.25) is 0 Å². The van der Waals surface area contributed by atoms with Crippen LogP contribution in [0.4, 0.5) is 0 Å². The van der Waals surface area contributed by atoms with E-state index < -0.39 is 0 Å². The predicted octanol–water partition coefficient (Wildman–Crippen LogP) is 1.31. The molecule has 3 atom stereocenters. The molecule has 0 aromatic carbocycles. The fourth-order valence-electron chi connectivity index (χ4n) is 2.38. The SMILES string of the molecule is NC(CCC1CCCO1)C1CCOC1. The van der Waals surface area contributed by atoms with Gasteiger partial charge in [-0.3, -0.25) is 0 Å². The number of hydrogen-bond donors (Lipinski definition) is 1. The second kappa shape index (κ2) is 5.10. The third-order valence-corrected chi connectivity index (χ3v) is 3.42. The van der Waals surface area contributed by atoms with Gasteiger partial charge in [-0.1, -0.05) is 0 Å². The summed E-state index contributed by atoms with van der Waals surface area (Å²) in [5, 5.41) is 0. The van der Waals surface area contributed by atoms with Crippen molar-refractivity contribution in [3.8, 4) is 0 Å². The van der Waals surface area contributed by atoms with Crippen LogP contribution in [0.3, 0.4) is 0 Å². The quantitative estimate of drug-likeness (QED) is 0.742. The molecule has 2 saturated heterocycles. The van der Waals surface area contributed by atoms with Crippen LogP contribution in [0.25, 0.3) is 0 Å². The smallest absolute Gasteiger partial charge is 0.0576 e. The van der Waals surface area contributed by atoms with Crippen molar-refractivity contribution in [2.75, 3.05) is 19.8 Å². The maximum Gasteiger partial charge on any atom is 0.0576 e. The molecule has 0 amide bonds. The second-order valence-corrected chi connectivity index (χ2v) is 4.50. The van der Waals surface area contributed by atoms with Crippen molar-refractivity contribution in [2.24, 2.45) is 11.7 Å². The highest BCUT2D eigenvalue weighted by molar-refractivity contribution is 4.78. The normalized spacial score (nSPS) is 34.9. The van der Waals surface area contributed by atoms with E-state index in [1.165, 1.54) is 12.8 Å². The van der Waals surface area contributed by atoms with E-state index in [9.17, 15) is 0 Å². The molecule has 14 heavy (non-hydrogen) atoms. The van der Waals surface area contributed by atoms with Gasteiger partial charge in [0.25, 0.3) is 0 Å². The molecule has 2 rings (SSSR count). The summed E-state index contributed by atoms with van der Waals surface area (Å²) in [6.45, 7) is 2.72. The fraction of sp³-hybridized carbons (Fsp3) is 1.00. The van der Waals surface area contributed by atoms with Gasteiger partial charge in [-0.2, -0.15) is 0 Å². The Bertz CT molecular complexity index is 163. The van der Waals surface area contributed by atoms with Gasteiger partial charge in [0.2, 0.25) is 0 Å². The third-order valence-electron chi connectivity index (χ3n) is 3.42. The first-order chi connectivity index (χ1) is 6.86. The molecule has 0 saturated carbocycles. The van der Waals surface area contributed by atoms with Crippen LogP contribution in [-0.2, 0) is 9.47 Å². The molecule has 3 unspecified atom stereocenters. The monoisotopic (exact) mass is 199 g/mol. The molecular formula is C11H21NO2. The lowest BCUT2D eigenvalue weighted by Crippen LogP contribution is -2.31. The Hall–Kier alpha value is -0.120. The average Bonchev–Trinajstić information content (AvgIpc) is 2.87. The summed E-state index contributed by atoms with van der Waals surface area (Å²) in [6, 6.07) is 0.321. The van der Waals surface area contributed by atoms with Crippen molar-refractivity contribution < 1.29 is 9.47 Å². The fourth-order valence-corrected chi connectivity index (χ4v) is 2.38. The molecule has 3 heteroatoms. The van der Waals surface area contributed by atoms with Gasteiger partial charge in [-0.15, -0.1) is 0 Å². The van der Waals surface area contributed by atoms with Crippen molar-refractivity contribution in [3.05, 3.63) is 0 Å². The van der Waals surface area contributed by atoms with E-state index in [1.807, 2.05) is 0 Å². The van der Waals surface area contributed by atoms with Crippen molar-refractivity contribution >= 4 is 0 Å². The Morgan fingerprint density at radius 3 is 2.86 bits per heavy atom. The minimum atomic E-state index is 0.321. The van der Waals surface area contributed by atoms with E-state index in [1.54, 1.807) is 0 Å². The summed E-state index contributed by atoms with van der Waals surface area (Å²) < 4.78 is 10.9. The maximum atomic E-state index is 6.12. The van der Waals surface area contributed by atoms with Gasteiger partial charge in [0, 0.05) is 19.3 Å². The highest BCUT2D eigenvalue weighted by atomic mass is 16.5. The van der Waals surface area contributed by atoms with Crippen molar-refractivity contribution in [1.29, 1.82) is 0 Å². The number of nitrogens with two attached hydrogens (primary N) is 1. The van der Waals surface area contributed by atoms with Gasteiger partial charge >= 0.3 is 0 Å². The van der Waals surface area contributed by atoms with E-state index >= 15 is 0 Å². The zero-order valence-electron chi connectivity index (χ0n) is 8.78. The number of rotatable bonds is 4. The Morgan fingerprint density at radius 1 is 1.29 bits per heavy atom. The zero-order chi connectivity index (χ0) is 9.80. The second-order valence-electron chi connectivity index (χ2n) is 4.50. The topological polar surface area (TPSA) is 44.5 Å². The van der Waals surface area contributed by atoms with Crippen molar-refractivity contribution in [3.63, 3.8) is 0 Å². The Balaban J connectivity index is 1.63. The molecular weight excluding hydrogens is 178 g/mol. The lowest BCUT2D eigenvalue weighted by molar-refractivity contribution is 0.0980. The molecule has 82 valence electrons. The minimum absolute atomic E-state index is 0.321. The molecule has 3 nitrogen and oxygen atoms in total. The molecule has 2 aliphatic heterocycles. The summed E-state index contributed by atoms with van der Waals surface area (Å²) >= 11 is 0. The summed E-state index contributed by atoms with van der Waals surface area (Å²) in [5.41, 5.74) is 6.12. The summed E-state index contributed by atoms with van der Waals surface area (Å²) in [5.74, 6) is 0.594. The Labute approximate surface area is 85.9 Å². The molecule has 0 aromatic heterocycles. The molecule has 2 fully saturated rings. The highest BCUT2D eigenvalue weighted by Crippen LogP contribution is 2.22. The van der Waals surface area contributed by atoms with E-state index in [0.717, 1.165) is 39.1 Å². The molecule has 2 N–H and O–H groups in total. The van der Waals surface area contributed by atoms with Crippen LogP contribution in [0.15, 0.2) is 0 Å². The minimum Gasteiger partial charge on any atom is -0.381 e. The van der Waals surface area contributed by atoms with Crippen molar-refractivity contribution in [2.45, 2.75) is 44.2 Å². The molecule has 0 bridgehead atoms. The van der Waals surface area contributed by atoms with Crippen LogP contribution < -0.4 is 5.73 Å². The standard InChI is InChI=1S/C11H21NO2/c12-11(9-5-7-13-8-9)4-3-10-2-1-6-14-10/h9-11H,1-8,12H2. The van der Waals surface area contributed by atoms with Gasteiger partial charge in [0.1, 0.15) is 0 Å². The summed E-state index contributed by atoms with van der Waals surface area (Å²) in [6.07, 6.45) is 6.33. The lowest BCUT2D eigenvalue weighted by Gasteiger charge is -2.19. The molecule has 0 spiro atoms. The predicted molar refractivity (Wildman–Crippen MR) is 55.1 cm³/mol. The van der Waals surface area contributed by atoms with Crippen LogP contribution in [0.5, 0.6) is 0 Å². The highest BCUT2D eigenvalue weighted by Gasteiger charge is 2.24. The van der Waals surface area contributed by atoms with Crippen LogP contribution >= 0.6 is 0 Å². The first-order valence-electron chi connectivity index (χ1n) is 5.81. The van der Waals surface area contributed by atoms with Crippen LogP contribution in [0.1, 0.15) is 32.1 Å². The molecule has 0 aliphatic carbocycles. The van der Waals surface area contributed by atoms with E-state index in [2.05, 4.69) is 0 Å². The van der Waals surface area contributed by atoms with Crippen LogP contribution in [0, 0.1) is 5.92 Å². The van der Waals surface area contributed by atoms with E-state index in [4.69, 9.17) is 15.2 Å². The first kappa shape index (κ1) is 10.4. The summed E-state index contributed by atoms with van der Waals surface area (Å²) in [4.78, 5) is 0. The molecule has 0 aromatic rings. The van der Waals surface area contributed by atoms with Gasteiger partial charge in [0.05, 0.1) is 12.7 Å². The molecule has 2 heterocycles. The zero-order valence-corrected chi connectivity index (χ0v) is 8.78. The van der Waals surface area contributed by atoms with E-state index in [-0.39, 0.29) is 0 Å². The Morgan fingerprint density at radius 2 is 2.21 bits per heavy atom. The van der Waals surface area contributed by atoms with Gasteiger partial charge in [0.15, 0.2) is 0 Å². The van der Waals surface area contributed by atoms with Gasteiger partial charge in [-0.05, 0) is 38.0 Å². The third kappa shape index (κ3) is 2.69. The number of hydrogen-bond acceptors (Lipinski definition) is 3. The summed E-state index contributed by atoms with van der Waals surface area (Å²) in [7, 11) is 0. The lowest BCUT2D eigenvalue weighted by atomic mass is 9.94. The largest absolute Gasteiger partial charge is 0.381 e. The van der Waals surface area contributed by atoms with Crippen molar-refractivity contribution in [1.82, 2.24) is 0 Å². The maximum absolute atomic E-state index is 6.12. The molecule has 2 aliphatic rings. The first-order valence-corrected chi connectivity index (χ1v) is 5.81. The van der Waals surface area contributed by atoms with E-state index in [0.29, 0.717) is 18.1 Å². The van der Waals surface area contributed by atoms with Gasteiger partial charge in [-0.25, -0.2) is 0 Å². The number of ether oxygens (including phenoxy) is 2. The van der Waals surface area contributed by atoms with Crippen LogP contribution in [-0.4, -0.2) is 32.0 Å². The molecule has 0 radical (unpaired) electrons. The van der Waals surface area contributed by atoms with Gasteiger partial charge < -0.3 is 15.2 Å². The Kier molecular flexibility index (Phi) is 3.79. The average molecular weight is 199 g/mol.